The molecule has 1 aromatic rings. The lowest BCUT2D eigenvalue weighted by atomic mass is 9.96. The van der Waals surface area contributed by atoms with Gasteiger partial charge in [0.05, 0.1) is 5.92 Å². The van der Waals surface area contributed by atoms with Crippen LogP contribution < -0.4 is 10.6 Å². The van der Waals surface area contributed by atoms with Crippen molar-refractivity contribution in [1.29, 1.82) is 0 Å². The Bertz CT molecular complexity index is 655. The molecule has 1 aliphatic rings. The van der Waals surface area contributed by atoms with E-state index < -0.39 is 0 Å². The molecule has 1 aliphatic heterocycles. The van der Waals surface area contributed by atoms with Gasteiger partial charge in [-0.05, 0) is 43.5 Å². The van der Waals surface area contributed by atoms with E-state index in [1.165, 1.54) is 0 Å². The number of carbonyl (C=O) groups is 3. The number of anilines is 1. The highest BCUT2D eigenvalue weighted by Gasteiger charge is 2.28. The molecule has 2 N–H and O–H groups in total. The first-order chi connectivity index (χ1) is 12.9. The van der Waals surface area contributed by atoms with Crippen molar-refractivity contribution in [2.75, 3.05) is 25.0 Å². The second kappa shape index (κ2) is 10.1. The van der Waals surface area contributed by atoms with Crippen LogP contribution in [0.4, 0.5) is 5.69 Å². The summed E-state index contributed by atoms with van der Waals surface area (Å²) in [6.45, 7) is 7.58. The Labute approximate surface area is 161 Å². The second-order valence-electron chi connectivity index (χ2n) is 7.46. The molecule has 2 rings (SSSR count). The van der Waals surface area contributed by atoms with Gasteiger partial charge in [-0.15, -0.1) is 0 Å². The van der Waals surface area contributed by atoms with Crippen LogP contribution in [-0.2, 0) is 9.59 Å². The number of carbonyl (C=O) groups excluding carboxylic acids is 3. The van der Waals surface area contributed by atoms with Gasteiger partial charge in [-0.1, -0.05) is 27.2 Å². The van der Waals surface area contributed by atoms with Gasteiger partial charge in [0.15, 0.2) is 0 Å². The molecular formula is C21H31N3O3. The normalized spacial score (nSPS) is 16.9. The van der Waals surface area contributed by atoms with Crippen molar-refractivity contribution in [3.63, 3.8) is 0 Å². The van der Waals surface area contributed by atoms with Gasteiger partial charge in [-0.2, -0.15) is 0 Å². The third-order valence-electron chi connectivity index (χ3n) is 4.83. The quantitative estimate of drug-likeness (QED) is 0.721. The molecule has 3 amide bonds. The summed E-state index contributed by atoms with van der Waals surface area (Å²) in [5.74, 6) is -0.304. The van der Waals surface area contributed by atoms with E-state index in [0.29, 0.717) is 30.9 Å². The third-order valence-corrected chi connectivity index (χ3v) is 4.83. The summed E-state index contributed by atoms with van der Waals surface area (Å²) in [7, 11) is 0. The summed E-state index contributed by atoms with van der Waals surface area (Å²) >= 11 is 0. The standard InChI is InChI=1S/C21H31N3O3/c1-4-5-12-22-20(26)17-7-6-13-24(14-17)21(27)16-8-10-18(11-9-16)23-19(25)15(2)3/h8-11,15,17H,4-7,12-14H2,1-3H3,(H,22,26)(H,23,25). The van der Waals surface area contributed by atoms with Crippen LogP contribution in [0.3, 0.4) is 0 Å². The van der Waals surface area contributed by atoms with Crippen LogP contribution in [0, 0.1) is 11.8 Å². The molecule has 1 unspecified atom stereocenters. The monoisotopic (exact) mass is 373 g/mol. The molecule has 1 atom stereocenters. The van der Waals surface area contributed by atoms with E-state index in [1.807, 2.05) is 13.8 Å². The predicted octanol–water partition coefficient (Wildman–Crippen LogP) is 3.05. The van der Waals surface area contributed by atoms with E-state index in [1.54, 1.807) is 29.2 Å². The number of likely N-dealkylation sites (tertiary alicyclic amines) is 1. The smallest absolute Gasteiger partial charge is 0.253 e. The molecule has 0 aliphatic carbocycles. The molecule has 1 heterocycles. The fraction of sp³-hybridized carbons (Fsp3) is 0.571. The molecule has 1 saturated heterocycles. The van der Waals surface area contributed by atoms with Crippen LogP contribution in [0.15, 0.2) is 24.3 Å². The first kappa shape index (κ1) is 20.9. The van der Waals surface area contributed by atoms with Crippen LogP contribution in [0.2, 0.25) is 0 Å². The van der Waals surface area contributed by atoms with Crippen molar-refractivity contribution in [3.05, 3.63) is 29.8 Å². The fourth-order valence-electron chi connectivity index (χ4n) is 3.07. The SMILES string of the molecule is CCCCNC(=O)C1CCCN(C(=O)c2ccc(NC(=O)C(C)C)cc2)C1. The average Bonchev–Trinajstić information content (AvgIpc) is 2.68. The number of amides is 3. The van der Waals surface area contributed by atoms with Gasteiger partial charge in [-0.25, -0.2) is 0 Å². The van der Waals surface area contributed by atoms with Crippen molar-refractivity contribution in [2.24, 2.45) is 11.8 Å². The van der Waals surface area contributed by atoms with Crippen LogP contribution in [0.25, 0.3) is 0 Å². The summed E-state index contributed by atoms with van der Waals surface area (Å²) in [4.78, 5) is 38.6. The van der Waals surface area contributed by atoms with Crippen molar-refractivity contribution < 1.29 is 14.4 Å². The summed E-state index contributed by atoms with van der Waals surface area (Å²) in [6.07, 6.45) is 3.67. The van der Waals surface area contributed by atoms with Gasteiger partial charge in [0.1, 0.15) is 0 Å². The highest BCUT2D eigenvalue weighted by molar-refractivity contribution is 5.96. The Hall–Kier alpha value is -2.37. The van der Waals surface area contributed by atoms with Gasteiger partial charge in [0.2, 0.25) is 11.8 Å². The molecule has 27 heavy (non-hydrogen) atoms. The number of nitrogens with one attached hydrogen (secondary N) is 2. The Morgan fingerprint density at radius 1 is 1.19 bits per heavy atom. The molecule has 148 valence electrons. The fourth-order valence-corrected chi connectivity index (χ4v) is 3.07. The van der Waals surface area contributed by atoms with Gasteiger partial charge in [-0.3, -0.25) is 14.4 Å². The van der Waals surface area contributed by atoms with Crippen LogP contribution in [0.5, 0.6) is 0 Å². The Morgan fingerprint density at radius 3 is 2.52 bits per heavy atom. The van der Waals surface area contributed by atoms with E-state index in [-0.39, 0.29) is 29.6 Å². The number of nitrogens with zero attached hydrogens (tertiary/aromatic N) is 1. The molecule has 6 nitrogen and oxygen atoms in total. The zero-order chi connectivity index (χ0) is 19.8. The average molecular weight is 373 g/mol. The van der Waals surface area contributed by atoms with E-state index >= 15 is 0 Å². The van der Waals surface area contributed by atoms with Crippen LogP contribution >= 0.6 is 0 Å². The molecule has 0 bridgehead atoms. The van der Waals surface area contributed by atoms with Crippen molar-refractivity contribution in [1.82, 2.24) is 10.2 Å². The van der Waals surface area contributed by atoms with Crippen molar-refractivity contribution in [3.8, 4) is 0 Å². The zero-order valence-electron chi connectivity index (χ0n) is 16.6. The van der Waals surface area contributed by atoms with E-state index in [0.717, 1.165) is 25.7 Å². The second-order valence-corrected chi connectivity index (χ2v) is 7.46. The first-order valence-electron chi connectivity index (χ1n) is 9.90. The lowest BCUT2D eigenvalue weighted by Crippen LogP contribution is -2.45. The van der Waals surface area contributed by atoms with E-state index in [9.17, 15) is 14.4 Å². The minimum Gasteiger partial charge on any atom is -0.356 e. The number of piperidine rings is 1. The van der Waals surface area contributed by atoms with Crippen LogP contribution in [-0.4, -0.2) is 42.3 Å². The number of hydrogen-bond donors (Lipinski definition) is 2. The topological polar surface area (TPSA) is 78.5 Å². The summed E-state index contributed by atoms with van der Waals surface area (Å²) in [5, 5.41) is 5.79. The van der Waals surface area contributed by atoms with Gasteiger partial charge in [0, 0.05) is 36.8 Å². The van der Waals surface area contributed by atoms with E-state index in [2.05, 4.69) is 17.6 Å². The van der Waals surface area contributed by atoms with Gasteiger partial charge in [0.25, 0.3) is 5.91 Å². The number of benzene rings is 1. The Kier molecular flexibility index (Phi) is 7.82. The van der Waals surface area contributed by atoms with Crippen molar-refractivity contribution >= 4 is 23.4 Å². The van der Waals surface area contributed by atoms with Gasteiger partial charge >= 0.3 is 0 Å². The minimum atomic E-state index is -0.135. The Morgan fingerprint density at radius 2 is 1.89 bits per heavy atom. The van der Waals surface area contributed by atoms with Crippen molar-refractivity contribution in [2.45, 2.75) is 46.5 Å². The largest absolute Gasteiger partial charge is 0.356 e. The maximum Gasteiger partial charge on any atom is 0.253 e. The van der Waals surface area contributed by atoms with E-state index in [4.69, 9.17) is 0 Å². The highest BCUT2D eigenvalue weighted by atomic mass is 16.2. The maximum atomic E-state index is 12.8. The summed E-state index contributed by atoms with van der Waals surface area (Å²) < 4.78 is 0. The first-order valence-corrected chi connectivity index (χ1v) is 9.90. The highest BCUT2D eigenvalue weighted by Crippen LogP contribution is 2.20. The molecule has 0 spiro atoms. The molecule has 0 radical (unpaired) electrons. The molecule has 0 saturated carbocycles. The molecule has 1 fully saturated rings. The number of rotatable bonds is 7. The summed E-state index contributed by atoms with van der Waals surface area (Å²) in [6, 6.07) is 6.94. The molecule has 1 aromatic carbocycles. The lowest BCUT2D eigenvalue weighted by Gasteiger charge is -2.32. The number of unbranched alkanes of at least 4 members (excludes halogenated alkanes) is 1. The minimum absolute atomic E-state index is 0.0488. The van der Waals surface area contributed by atoms with Crippen LogP contribution in [0.1, 0.15) is 56.8 Å². The molecular weight excluding hydrogens is 342 g/mol. The van der Waals surface area contributed by atoms with Gasteiger partial charge < -0.3 is 15.5 Å². The zero-order valence-corrected chi connectivity index (χ0v) is 16.6. The maximum absolute atomic E-state index is 12.8. The predicted molar refractivity (Wildman–Crippen MR) is 106 cm³/mol. The third kappa shape index (κ3) is 6.08. The number of hydrogen-bond acceptors (Lipinski definition) is 3. The summed E-state index contributed by atoms with van der Waals surface area (Å²) in [5.41, 5.74) is 1.25. The Balaban J connectivity index is 1.94. The molecule has 6 heteroatoms. The lowest BCUT2D eigenvalue weighted by molar-refractivity contribution is -0.126. The molecule has 0 aromatic heterocycles.